The fourth-order valence-electron chi connectivity index (χ4n) is 4.41. The molecule has 0 aromatic carbocycles. The van der Waals surface area contributed by atoms with E-state index in [2.05, 4.69) is 27.7 Å². The first kappa shape index (κ1) is 12.4. The molecule has 2 rings (SSSR count). The normalized spacial score (nSPS) is 52.7. The van der Waals surface area contributed by atoms with E-state index < -0.39 is 0 Å². The molecule has 1 heteroatoms. The molecule has 2 N–H and O–H groups in total. The van der Waals surface area contributed by atoms with Crippen molar-refractivity contribution in [2.75, 3.05) is 0 Å². The van der Waals surface area contributed by atoms with Crippen LogP contribution in [0.5, 0.6) is 0 Å². The lowest BCUT2D eigenvalue weighted by Gasteiger charge is -2.41. The van der Waals surface area contributed by atoms with Crippen molar-refractivity contribution in [3.63, 3.8) is 0 Å². The van der Waals surface area contributed by atoms with Gasteiger partial charge < -0.3 is 5.73 Å². The van der Waals surface area contributed by atoms with Crippen LogP contribution in [0.1, 0.15) is 59.8 Å². The average Bonchev–Trinajstić information content (AvgIpc) is 2.86. The first-order chi connectivity index (χ1) is 7.51. The van der Waals surface area contributed by atoms with Crippen LogP contribution < -0.4 is 5.73 Å². The lowest BCUT2D eigenvalue weighted by molar-refractivity contribution is 0.0885. The lowest BCUT2D eigenvalue weighted by Crippen LogP contribution is -2.33. The van der Waals surface area contributed by atoms with Crippen LogP contribution in [0.3, 0.4) is 0 Å². The van der Waals surface area contributed by atoms with Gasteiger partial charge in [0.05, 0.1) is 0 Å². The fraction of sp³-hybridized carbons (Fsp3) is 1.00. The highest BCUT2D eigenvalue weighted by Gasteiger charge is 2.54. The van der Waals surface area contributed by atoms with Gasteiger partial charge in [0.2, 0.25) is 0 Å². The van der Waals surface area contributed by atoms with Crippen molar-refractivity contribution < 1.29 is 0 Å². The second-order valence-electron chi connectivity index (χ2n) is 6.76. The third kappa shape index (κ3) is 1.92. The molecule has 0 spiro atoms. The summed E-state index contributed by atoms with van der Waals surface area (Å²) in [4.78, 5) is 0. The predicted octanol–water partition coefficient (Wildman–Crippen LogP) is 3.82. The van der Waals surface area contributed by atoms with Crippen molar-refractivity contribution in [2.24, 2.45) is 34.8 Å². The van der Waals surface area contributed by atoms with E-state index in [1.54, 1.807) is 0 Å². The summed E-state index contributed by atoms with van der Waals surface area (Å²) < 4.78 is 0. The maximum Gasteiger partial charge on any atom is 0.0105 e. The number of fused-ring (bicyclic) bond motifs is 1. The molecule has 0 radical (unpaired) electrons. The van der Waals surface area contributed by atoms with Gasteiger partial charge in [-0.3, -0.25) is 0 Å². The van der Waals surface area contributed by atoms with Crippen LogP contribution >= 0.6 is 0 Å². The van der Waals surface area contributed by atoms with Crippen LogP contribution in [0.2, 0.25) is 0 Å². The minimum atomic E-state index is 0.529. The third-order valence-electron chi connectivity index (χ3n) is 5.89. The van der Waals surface area contributed by atoms with Gasteiger partial charge in [-0.25, -0.2) is 0 Å². The first-order valence-electron chi connectivity index (χ1n) is 7.27. The van der Waals surface area contributed by atoms with Gasteiger partial charge >= 0.3 is 0 Å². The summed E-state index contributed by atoms with van der Waals surface area (Å²) >= 11 is 0. The molecule has 16 heavy (non-hydrogen) atoms. The summed E-state index contributed by atoms with van der Waals surface area (Å²) in [7, 11) is 0. The standard InChI is InChI=1S/C15H29N/c1-5-8-15(4)9-6-7-12-13(14(12)16)10(2)11(15)3/h10-14H,5-9,16H2,1-4H3. The summed E-state index contributed by atoms with van der Waals surface area (Å²) in [5.41, 5.74) is 6.80. The molecule has 0 bridgehead atoms. The minimum absolute atomic E-state index is 0.529. The van der Waals surface area contributed by atoms with Gasteiger partial charge in [-0.2, -0.15) is 0 Å². The predicted molar refractivity (Wildman–Crippen MR) is 70.1 cm³/mol. The molecule has 2 aliphatic carbocycles. The van der Waals surface area contributed by atoms with Crippen molar-refractivity contribution in [1.82, 2.24) is 0 Å². The smallest absolute Gasteiger partial charge is 0.0105 e. The second-order valence-corrected chi connectivity index (χ2v) is 6.76. The molecule has 0 amide bonds. The Hall–Kier alpha value is -0.0400. The molecule has 2 aliphatic rings. The van der Waals surface area contributed by atoms with Gasteiger partial charge in [0.25, 0.3) is 0 Å². The molecular formula is C15H29N. The molecule has 0 saturated heterocycles. The number of nitrogens with two attached hydrogens (primary N) is 1. The zero-order chi connectivity index (χ0) is 11.9. The van der Waals surface area contributed by atoms with Crippen LogP contribution in [0.25, 0.3) is 0 Å². The van der Waals surface area contributed by atoms with E-state index in [1.807, 2.05) is 0 Å². The van der Waals surface area contributed by atoms with Crippen molar-refractivity contribution in [3.8, 4) is 0 Å². The quantitative estimate of drug-likeness (QED) is 0.756. The van der Waals surface area contributed by atoms with E-state index in [0.717, 1.165) is 23.7 Å². The SMILES string of the molecule is CCCC1(C)CCCC2C(N)C2C(C)C1C. The number of rotatable bonds is 2. The van der Waals surface area contributed by atoms with E-state index in [-0.39, 0.29) is 0 Å². The van der Waals surface area contributed by atoms with Gasteiger partial charge in [-0.15, -0.1) is 0 Å². The maximum atomic E-state index is 6.23. The van der Waals surface area contributed by atoms with E-state index >= 15 is 0 Å². The summed E-state index contributed by atoms with van der Waals surface area (Å²) in [6.45, 7) is 9.78. The van der Waals surface area contributed by atoms with E-state index in [9.17, 15) is 0 Å². The van der Waals surface area contributed by atoms with Gasteiger partial charge in [-0.1, -0.05) is 40.5 Å². The highest BCUT2D eigenvalue weighted by atomic mass is 14.8. The second kappa shape index (κ2) is 4.33. The molecule has 6 atom stereocenters. The van der Waals surface area contributed by atoms with Crippen molar-refractivity contribution in [1.29, 1.82) is 0 Å². The summed E-state index contributed by atoms with van der Waals surface area (Å²) in [5.74, 6) is 3.38. The zero-order valence-corrected chi connectivity index (χ0v) is 11.5. The molecule has 94 valence electrons. The van der Waals surface area contributed by atoms with Crippen LogP contribution in [0, 0.1) is 29.1 Å². The maximum absolute atomic E-state index is 6.23. The third-order valence-corrected chi connectivity index (χ3v) is 5.89. The Morgan fingerprint density at radius 2 is 2.00 bits per heavy atom. The molecule has 0 heterocycles. The van der Waals surface area contributed by atoms with E-state index in [1.165, 1.54) is 32.1 Å². The molecule has 2 saturated carbocycles. The number of hydrogen-bond donors (Lipinski definition) is 1. The summed E-state index contributed by atoms with van der Waals surface area (Å²) in [6.07, 6.45) is 6.94. The highest BCUT2D eigenvalue weighted by Crippen LogP contribution is 2.55. The zero-order valence-electron chi connectivity index (χ0n) is 11.5. The van der Waals surface area contributed by atoms with E-state index in [4.69, 9.17) is 5.73 Å². The fourth-order valence-corrected chi connectivity index (χ4v) is 4.41. The lowest BCUT2D eigenvalue weighted by atomic mass is 9.64. The van der Waals surface area contributed by atoms with Crippen molar-refractivity contribution >= 4 is 0 Å². The van der Waals surface area contributed by atoms with Crippen LogP contribution in [-0.4, -0.2) is 6.04 Å². The van der Waals surface area contributed by atoms with Crippen LogP contribution in [-0.2, 0) is 0 Å². The molecule has 1 nitrogen and oxygen atoms in total. The first-order valence-corrected chi connectivity index (χ1v) is 7.27. The summed E-state index contributed by atoms with van der Waals surface area (Å²) in [5, 5.41) is 0. The van der Waals surface area contributed by atoms with Crippen molar-refractivity contribution in [2.45, 2.75) is 65.8 Å². The minimum Gasteiger partial charge on any atom is -0.327 e. The Morgan fingerprint density at radius 3 is 2.62 bits per heavy atom. The van der Waals surface area contributed by atoms with Gasteiger partial charge in [0, 0.05) is 6.04 Å². The van der Waals surface area contributed by atoms with Crippen LogP contribution in [0.4, 0.5) is 0 Å². The highest BCUT2D eigenvalue weighted by molar-refractivity contribution is 5.06. The molecular weight excluding hydrogens is 194 g/mol. The average molecular weight is 223 g/mol. The Labute approximate surface area is 101 Å². The topological polar surface area (TPSA) is 26.0 Å². The summed E-state index contributed by atoms with van der Waals surface area (Å²) in [6, 6.07) is 0.529. The van der Waals surface area contributed by atoms with Gasteiger partial charge in [0.15, 0.2) is 0 Å². The number of hydrogen-bond acceptors (Lipinski definition) is 1. The van der Waals surface area contributed by atoms with Crippen molar-refractivity contribution in [3.05, 3.63) is 0 Å². The van der Waals surface area contributed by atoms with E-state index in [0.29, 0.717) is 11.5 Å². The van der Waals surface area contributed by atoms with Gasteiger partial charge in [0.1, 0.15) is 0 Å². The molecule has 0 aromatic rings. The molecule has 6 unspecified atom stereocenters. The molecule has 0 aromatic heterocycles. The molecule has 2 fully saturated rings. The largest absolute Gasteiger partial charge is 0.327 e. The van der Waals surface area contributed by atoms with Crippen LogP contribution in [0.15, 0.2) is 0 Å². The monoisotopic (exact) mass is 223 g/mol. The van der Waals surface area contributed by atoms with Gasteiger partial charge in [-0.05, 0) is 48.3 Å². The Kier molecular flexibility index (Phi) is 3.36. The Balaban J connectivity index is 2.11. The molecule has 0 aliphatic heterocycles. The Bertz CT molecular complexity index is 250. The Morgan fingerprint density at radius 1 is 1.31 bits per heavy atom.